The number of nitrogens with one attached hydrogen (secondary N) is 1. The molecule has 4 aromatic rings. The first-order chi connectivity index (χ1) is 16.3. The van der Waals surface area contributed by atoms with Gasteiger partial charge in [0.1, 0.15) is 5.52 Å². The zero-order valence-corrected chi connectivity index (χ0v) is 19.4. The number of fused-ring (bicyclic) bond motifs is 3. The van der Waals surface area contributed by atoms with E-state index in [0.29, 0.717) is 18.2 Å². The minimum Gasteiger partial charge on any atom is -0.354 e. The third-order valence-corrected chi connectivity index (χ3v) is 6.91. The molecule has 1 fully saturated rings. The average molecular weight is 461 g/mol. The van der Waals surface area contributed by atoms with Crippen LogP contribution < -0.4 is 5.32 Å². The number of carbonyl (C=O) groups is 1. The molecule has 1 saturated heterocycles. The lowest BCUT2D eigenvalue weighted by Crippen LogP contribution is -2.38. The summed E-state index contributed by atoms with van der Waals surface area (Å²) in [7, 11) is 0. The Labute approximate surface area is 197 Å². The number of aromatic nitrogens is 4. The van der Waals surface area contributed by atoms with Gasteiger partial charge in [0.2, 0.25) is 11.1 Å². The van der Waals surface area contributed by atoms with Crippen molar-refractivity contribution in [2.75, 3.05) is 31.9 Å². The van der Waals surface area contributed by atoms with Crippen LogP contribution in [0.15, 0.2) is 59.8 Å². The number of hydrogen-bond acceptors (Lipinski definition) is 6. The number of nitrogens with zero attached hydrogens (tertiary/aromatic N) is 5. The van der Waals surface area contributed by atoms with Gasteiger partial charge in [0, 0.05) is 25.0 Å². The summed E-state index contributed by atoms with van der Waals surface area (Å²) in [4.78, 5) is 19.6. The SMILES string of the molecule is O=C(CSc1nnc2c3ccccc3n(Cc3ccccc3)c2n1)NCCN1CCCCC1. The van der Waals surface area contributed by atoms with Gasteiger partial charge < -0.3 is 14.8 Å². The summed E-state index contributed by atoms with van der Waals surface area (Å²) in [5, 5.41) is 13.4. The molecule has 5 rings (SSSR count). The van der Waals surface area contributed by atoms with Gasteiger partial charge in [0.25, 0.3) is 0 Å². The maximum Gasteiger partial charge on any atom is 0.230 e. The van der Waals surface area contributed by atoms with Crippen LogP contribution in [0.5, 0.6) is 0 Å². The van der Waals surface area contributed by atoms with Gasteiger partial charge in [-0.2, -0.15) is 0 Å². The highest BCUT2D eigenvalue weighted by molar-refractivity contribution is 7.99. The van der Waals surface area contributed by atoms with Crippen molar-refractivity contribution in [3.05, 3.63) is 60.2 Å². The maximum atomic E-state index is 12.3. The van der Waals surface area contributed by atoms with Crippen molar-refractivity contribution < 1.29 is 4.79 Å². The van der Waals surface area contributed by atoms with Crippen molar-refractivity contribution in [2.45, 2.75) is 31.0 Å². The largest absolute Gasteiger partial charge is 0.354 e. The number of piperidine rings is 1. The molecular formula is C25H28N6OS. The van der Waals surface area contributed by atoms with Crippen molar-refractivity contribution in [3.8, 4) is 0 Å². The minimum absolute atomic E-state index is 0.00513. The quantitative estimate of drug-likeness (QED) is 0.404. The molecule has 0 unspecified atom stereocenters. The van der Waals surface area contributed by atoms with E-state index in [1.807, 2.05) is 30.3 Å². The standard InChI is InChI=1S/C25H28N6OS/c32-22(26-13-16-30-14-7-2-8-15-30)18-33-25-27-24-23(28-29-25)20-11-5-6-12-21(20)31(24)17-19-9-3-1-4-10-19/h1,3-6,9-12H,2,7-8,13-18H2,(H,26,32). The molecule has 0 aliphatic carbocycles. The monoisotopic (exact) mass is 460 g/mol. The molecule has 7 nitrogen and oxygen atoms in total. The third-order valence-electron chi connectivity index (χ3n) is 6.07. The minimum atomic E-state index is 0.00513. The van der Waals surface area contributed by atoms with Crippen molar-refractivity contribution >= 4 is 39.7 Å². The van der Waals surface area contributed by atoms with Crippen molar-refractivity contribution in [1.82, 2.24) is 30.0 Å². The number of hydrogen-bond donors (Lipinski definition) is 1. The van der Waals surface area contributed by atoms with E-state index in [4.69, 9.17) is 4.98 Å². The number of amides is 1. The fraction of sp³-hybridized carbons (Fsp3) is 0.360. The zero-order valence-electron chi connectivity index (χ0n) is 18.6. The van der Waals surface area contributed by atoms with Gasteiger partial charge in [0.05, 0.1) is 11.3 Å². The van der Waals surface area contributed by atoms with Crippen LogP contribution in [0.4, 0.5) is 0 Å². The fourth-order valence-corrected chi connectivity index (χ4v) is 5.01. The molecular weight excluding hydrogens is 432 g/mol. The molecule has 170 valence electrons. The summed E-state index contributed by atoms with van der Waals surface area (Å²) in [6.07, 6.45) is 3.84. The first-order valence-electron chi connectivity index (χ1n) is 11.6. The smallest absolute Gasteiger partial charge is 0.230 e. The van der Waals surface area contributed by atoms with Gasteiger partial charge in [-0.05, 0) is 37.6 Å². The Balaban J connectivity index is 1.28. The maximum absolute atomic E-state index is 12.3. The average Bonchev–Trinajstić information content (AvgIpc) is 3.17. The Bertz CT molecular complexity index is 1240. The fourth-order valence-electron chi connectivity index (χ4n) is 4.39. The number of rotatable bonds is 8. The summed E-state index contributed by atoms with van der Waals surface area (Å²) in [6, 6.07) is 18.5. The van der Waals surface area contributed by atoms with Crippen LogP contribution in [0.3, 0.4) is 0 Å². The second kappa shape index (κ2) is 10.3. The molecule has 0 atom stereocenters. The van der Waals surface area contributed by atoms with Gasteiger partial charge in [-0.3, -0.25) is 4.79 Å². The van der Waals surface area contributed by atoms with Gasteiger partial charge in [-0.15, -0.1) is 10.2 Å². The summed E-state index contributed by atoms with van der Waals surface area (Å²) < 4.78 is 2.18. The molecule has 1 aliphatic heterocycles. The van der Waals surface area contributed by atoms with Gasteiger partial charge in [-0.25, -0.2) is 4.98 Å². The molecule has 0 radical (unpaired) electrons. The van der Waals surface area contributed by atoms with Crippen LogP contribution in [0.1, 0.15) is 24.8 Å². The molecule has 0 bridgehead atoms. The molecule has 3 heterocycles. The summed E-state index contributed by atoms with van der Waals surface area (Å²) >= 11 is 1.33. The van der Waals surface area contributed by atoms with Crippen molar-refractivity contribution in [2.24, 2.45) is 0 Å². The van der Waals surface area contributed by atoms with E-state index in [2.05, 4.69) is 49.2 Å². The first kappa shape index (κ1) is 21.9. The van der Waals surface area contributed by atoms with Gasteiger partial charge >= 0.3 is 0 Å². The van der Waals surface area contributed by atoms with E-state index in [0.717, 1.165) is 41.7 Å². The molecule has 1 aliphatic rings. The van der Waals surface area contributed by atoms with Crippen molar-refractivity contribution in [3.63, 3.8) is 0 Å². The number of likely N-dealkylation sites (tertiary alicyclic amines) is 1. The van der Waals surface area contributed by atoms with Crippen LogP contribution >= 0.6 is 11.8 Å². The lowest BCUT2D eigenvalue weighted by molar-refractivity contribution is -0.118. The normalized spacial score (nSPS) is 14.7. The van der Waals surface area contributed by atoms with E-state index in [9.17, 15) is 4.79 Å². The van der Waals surface area contributed by atoms with Gasteiger partial charge in [-0.1, -0.05) is 66.7 Å². The predicted molar refractivity (Wildman–Crippen MR) is 132 cm³/mol. The number of carbonyl (C=O) groups excluding carboxylic acids is 1. The second-order valence-electron chi connectivity index (χ2n) is 8.40. The molecule has 2 aromatic heterocycles. The third kappa shape index (κ3) is 5.17. The predicted octanol–water partition coefficient (Wildman–Crippen LogP) is 3.72. The molecule has 8 heteroatoms. The summed E-state index contributed by atoms with van der Waals surface area (Å²) in [6.45, 7) is 4.58. The molecule has 1 amide bonds. The first-order valence-corrected chi connectivity index (χ1v) is 12.5. The Hall–Kier alpha value is -2.97. The number of para-hydroxylation sites is 1. The highest BCUT2D eigenvalue weighted by Gasteiger charge is 2.16. The molecule has 0 spiro atoms. The van der Waals surface area contributed by atoms with Crippen LogP contribution in [0.25, 0.3) is 22.1 Å². The summed E-state index contributed by atoms with van der Waals surface area (Å²) in [5.74, 6) is 0.289. The zero-order chi connectivity index (χ0) is 22.5. The van der Waals surface area contributed by atoms with Gasteiger partial charge in [0.15, 0.2) is 5.65 Å². The van der Waals surface area contributed by atoms with Crippen LogP contribution in [0, 0.1) is 0 Å². The molecule has 2 aromatic carbocycles. The van der Waals surface area contributed by atoms with E-state index in [1.165, 1.54) is 36.6 Å². The Morgan fingerprint density at radius 2 is 1.76 bits per heavy atom. The highest BCUT2D eigenvalue weighted by atomic mass is 32.2. The van der Waals surface area contributed by atoms with E-state index in [-0.39, 0.29) is 11.7 Å². The topological polar surface area (TPSA) is 75.9 Å². The van der Waals surface area contributed by atoms with E-state index in [1.54, 1.807) is 0 Å². The second-order valence-corrected chi connectivity index (χ2v) is 9.34. The highest BCUT2D eigenvalue weighted by Crippen LogP contribution is 2.28. The molecule has 0 saturated carbocycles. The molecule has 33 heavy (non-hydrogen) atoms. The summed E-state index contributed by atoms with van der Waals surface area (Å²) in [5.41, 5.74) is 3.86. The van der Waals surface area contributed by atoms with E-state index < -0.39 is 0 Å². The van der Waals surface area contributed by atoms with Crippen LogP contribution in [-0.4, -0.2) is 62.5 Å². The Kier molecular flexibility index (Phi) is 6.83. The van der Waals surface area contributed by atoms with Crippen molar-refractivity contribution in [1.29, 1.82) is 0 Å². The van der Waals surface area contributed by atoms with Crippen LogP contribution in [0.2, 0.25) is 0 Å². The van der Waals surface area contributed by atoms with Crippen LogP contribution in [-0.2, 0) is 11.3 Å². The number of benzene rings is 2. The number of thioether (sulfide) groups is 1. The Morgan fingerprint density at radius 1 is 0.970 bits per heavy atom. The lowest BCUT2D eigenvalue weighted by Gasteiger charge is -2.26. The van der Waals surface area contributed by atoms with E-state index >= 15 is 0 Å². The lowest BCUT2D eigenvalue weighted by atomic mass is 10.1. The Morgan fingerprint density at radius 3 is 2.61 bits per heavy atom. The molecule has 1 N–H and O–H groups in total.